The van der Waals surface area contributed by atoms with Crippen LogP contribution < -0.4 is 16.2 Å². The number of anilines is 2. The van der Waals surface area contributed by atoms with Gasteiger partial charge >= 0.3 is 6.18 Å². The smallest absolute Gasteiger partial charge is 0.326 e. The molecule has 0 bridgehead atoms. The molecule has 0 spiro atoms. The maximum atomic E-state index is 13.2. The lowest BCUT2D eigenvalue weighted by Crippen LogP contribution is -2.34. The van der Waals surface area contributed by atoms with Crippen LogP contribution in [-0.4, -0.2) is 21.4 Å². The van der Waals surface area contributed by atoms with Crippen LogP contribution in [0.15, 0.2) is 53.3 Å². The van der Waals surface area contributed by atoms with Crippen LogP contribution in [0.4, 0.5) is 24.5 Å². The molecule has 0 saturated carbocycles. The molecule has 3 rings (SSSR count). The first-order chi connectivity index (χ1) is 13.6. The molecule has 0 fully saturated rings. The molecule has 0 radical (unpaired) electrons. The number of carbonyl (C=O) groups is 2. The quantitative estimate of drug-likeness (QED) is 0.699. The Hall–Kier alpha value is -3.69. The molecule has 150 valence electrons. The molecule has 2 N–H and O–H groups in total. The lowest BCUT2D eigenvalue weighted by Gasteiger charge is -2.14. The number of nitrogens with one attached hydrogen (secondary N) is 2. The highest BCUT2D eigenvalue weighted by Crippen LogP contribution is 2.26. The molecule has 7 nitrogen and oxygen atoms in total. The van der Waals surface area contributed by atoms with Crippen LogP contribution in [0.5, 0.6) is 0 Å². The number of para-hydroxylation sites is 2. The first kappa shape index (κ1) is 20.1. The van der Waals surface area contributed by atoms with Gasteiger partial charge in [0.1, 0.15) is 6.54 Å². The minimum atomic E-state index is -4.95. The number of fused-ring (bicyclic) bond motifs is 1. The summed E-state index contributed by atoms with van der Waals surface area (Å²) in [7, 11) is 0. The van der Waals surface area contributed by atoms with Gasteiger partial charge in [0.05, 0.1) is 11.0 Å². The van der Waals surface area contributed by atoms with Gasteiger partial charge in [-0.05, 0) is 30.3 Å². The number of aromatic nitrogens is 2. The number of alkyl halides is 3. The highest BCUT2D eigenvalue weighted by molar-refractivity contribution is 5.93. The van der Waals surface area contributed by atoms with Crippen molar-refractivity contribution in [2.24, 2.45) is 0 Å². The van der Waals surface area contributed by atoms with E-state index in [4.69, 9.17) is 0 Å². The fourth-order valence-corrected chi connectivity index (χ4v) is 2.76. The maximum absolute atomic E-state index is 13.2. The van der Waals surface area contributed by atoms with Crippen LogP contribution in [0.25, 0.3) is 11.0 Å². The van der Waals surface area contributed by atoms with Gasteiger partial charge in [0.25, 0.3) is 5.56 Å². The van der Waals surface area contributed by atoms with Crippen molar-refractivity contribution in [2.45, 2.75) is 19.6 Å². The molecule has 1 aromatic heterocycles. The first-order valence-corrected chi connectivity index (χ1v) is 8.39. The monoisotopic (exact) mass is 404 g/mol. The molecule has 0 saturated heterocycles. The second kappa shape index (κ2) is 7.74. The summed E-state index contributed by atoms with van der Waals surface area (Å²) in [6.07, 6.45) is -4.95. The Morgan fingerprint density at radius 3 is 2.34 bits per heavy atom. The number of benzene rings is 2. The van der Waals surface area contributed by atoms with Crippen molar-refractivity contribution in [3.8, 4) is 0 Å². The van der Waals surface area contributed by atoms with Crippen LogP contribution in [0.3, 0.4) is 0 Å². The molecular formula is C19H15F3N4O3. The van der Waals surface area contributed by atoms with Crippen molar-refractivity contribution in [3.05, 3.63) is 64.6 Å². The number of hydrogen-bond acceptors (Lipinski definition) is 4. The van der Waals surface area contributed by atoms with E-state index in [-0.39, 0.29) is 16.9 Å². The van der Waals surface area contributed by atoms with E-state index in [0.29, 0.717) is 11.4 Å². The molecule has 0 unspecified atom stereocenters. The van der Waals surface area contributed by atoms with Gasteiger partial charge < -0.3 is 10.6 Å². The minimum Gasteiger partial charge on any atom is -0.326 e. The van der Waals surface area contributed by atoms with Crippen molar-refractivity contribution >= 4 is 34.2 Å². The predicted octanol–water partition coefficient (Wildman–Crippen LogP) is 3.01. The summed E-state index contributed by atoms with van der Waals surface area (Å²) in [5.74, 6) is -1.01. The Morgan fingerprint density at radius 1 is 1.03 bits per heavy atom. The van der Waals surface area contributed by atoms with E-state index in [1.54, 1.807) is 12.1 Å². The molecule has 3 aromatic rings. The molecule has 2 aromatic carbocycles. The Bertz CT molecular complexity index is 1160. The first-order valence-electron chi connectivity index (χ1n) is 8.39. The van der Waals surface area contributed by atoms with E-state index >= 15 is 0 Å². The van der Waals surface area contributed by atoms with Gasteiger partial charge in [-0.3, -0.25) is 19.0 Å². The summed E-state index contributed by atoms with van der Waals surface area (Å²) in [6, 6.07) is 12.0. The molecule has 0 aliphatic heterocycles. The average molecular weight is 404 g/mol. The zero-order valence-corrected chi connectivity index (χ0v) is 15.1. The van der Waals surface area contributed by atoms with Crippen LogP contribution >= 0.6 is 0 Å². The van der Waals surface area contributed by atoms with Crippen molar-refractivity contribution < 1.29 is 22.8 Å². The topological polar surface area (TPSA) is 93.1 Å². The van der Waals surface area contributed by atoms with Crippen molar-refractivity contribution in [1.82, 2.24) is 9.55 Å². The zero-order valence-electron chi connectivity index (χ0n) is 15.1. The van der Waals surface area contributed by atoms with Gasteiger partial charge in [0, 0.05) is 18.3 Å². The second-order valence-corrected chi connectivity index (χ2v) is 6.15. The highest BCUT2D eigenvalue weighted by atomic mass is 19.4. The van der Waals surface area contributed by atoms with Gasteiger partial charge in [-0.15, -0.1) is 0 Å². The van der Waals surface area contributed by atoms with Crippen molar-refractivity contribution in [3.63, 3.8) is 0 Å². The van der Waals surface area contributed by atoms with E-state index in [1.807, 2.05) is 0 Å². The number of nitrogens with zero attached hydrogens (tertiary/aromatic N) is 2. The number of rotatable bonds is 4. The van der Waals surface area contributed by atoms with E-state index in [1.165, 1.54) is 43.3 Å². The number of halogens is 3. The summed E-state index contributed by atoms with van der Waals surface area (Å²) < 4.78 is 40.3. The maximum Gasteiger partial charge on any atom is 0.438 e. The van der Waals surface area contributed by atoms with E-state index in [0.717, 1.165) is 4.57 Å². The van der Waals surface area contributed by atoms with Crippen LogP contribution in [0, 0.1) is 0 Å². The zero-order chi connectivity index (χ0) is 21.2. The molecule has 10 heteroatoms. The Balaban J connectivity index is 1.94. The third-order valence-electron chi connectivity index (χ3n) is 3.89. The fraction of sp³-hybridized carbons (Fsp3) is 0.158. The number of carbonyl (C=O) groups excluding carboxylic acids is 2. The van der Waals surface area contributed by atoms with E-state index in [2.05, 4.69) is 15.6 Å². The largest absolute Gasteiger partial charge is 0.438 e. The van der Waals surface area contributed by atoms with Crippen molar-refractivity contribution in [2.75, 3.05) is 10.6 Å². The Morgan fingerprint density at radius 2 is 1.69 bits per heavy atom. The summed E-state index contributed by atoms with van der Waals surface area (Å²) in [5.41, 5.74) is -2.20. The van der Waals surface area contributed by atoms with Gasteiger partial charge in [0.2, 0.25) is 17.5 Å². The van der Waals surface area contributed by atoms with E-state index < -0.39 is 29.9 Å². The lowest BCUT2D eigenvalue weighted by molar-refractivity contribution is -0.142. The standard InChI is InChI=1S/C19H15F3N4O3/c1-11(27)23-12-5-4-6-13(9-12)24-16(28)10-26-15-8-3-2-7-14(15)25-17(18(26)29)19(20,21)22/h2-9H,10H2,1H3,(H,23,27)(H,24,28). The fourth-order valence-electron chi connectivity index (χ4n) is 2.76. The van der Waals surface area contributed by atoms with Gasteiger partial charge in [-0.25, -0.2) is 4.98 Å². The van der Waals surface area contributed by atoms with E-state index in [9.17, 15) is 27.6 Å². The summed E-state index contributed by atoms with van der Waals surface area (Å²) >= 11 is 0. The summed E-state index contributed by atoms with van der Waals surface area (Å²) in [5, 5.41) is 5.05. The third kappa shape index (κ3) is 4.60. The van der Waals surface area contributed by atoms with Crippen LogP contribution in [0.2, 0.25) is 0 Å². The SMILES string of the molecule is CC(=O)Nc1cccc(NC(=O)Cn2c(=O)c(C(F)(F)F)nc3ccccc32)c1. The minimum absolute atomic E-state index is 0.0557. The molecule has 0 aliphatic carbocycles. The molecule has 0 aliphatic rings. The normalized spacial score (nSPS) is 11.3. The predicted molar refractivity (Wildman–Crippen MR) is 100 cm³/mol. The van der Waals surface area contributed by atoms with Crippen molar-refractivity contribution in [1.29, 1.82) is 0 Å². The second-order valence-electron chi connectivity index (χ2n) is 6.15. The lowest BCUT2D eigenvalue weighted by atomic mass is 10.2. The Labute approximate surface area is 162 Å². The van der Waals surface area contributed by atoms with Gasteiger partial charge in [-0.2, -0.15) is 13.2 Å². The summed E-state index contributed by atoms with van der Waals surface area (Å²) in [4.78, 5) is 39.3. The molecule has 0 atom stereocenters. The average Bonchev–Trinajstić information content (AvgIpc) is 2.62. The number of amides is 2. The van der Waals surface area contributed by atoms with Gasteiger partial charge in [-0.1, -0.05) is 18.2 Å². The van der Waals surface area contributed by atoms with Crippen LogP contribution in [0.1, 0.15) is 12.6 Å². The Kier molecular flexibility index (Phi) is 5.35. The molecule has 29 heavy (non-hydrogen) atoms. The third-order valence-corrected chi connectivity index (χ3v) is 3.89. The molecular weight excluding hydrogens is 389 g/mol. The molecule has 2 amide bonds. The van der Waals surface area contributed by atoms with Crippen LogP contribution in [-0.2, 0) is 22.3 Å². The summed E-state index contributed by atoms with van der Waals surface area (Å²) in [6.45, 7) is 0.680. The highest BCUT2D eigenvalue weighted by Gasteiger charge is 2.37. The van der Waals surface area contributed by atoms with Gasteiger partial charge in [0.15, 0.2) is 0 Å². The molecule has 1 heterocycles. The number of hydrogen-bond donors (Lipinski definition) is 2.